The van der Waals surface area contributed by atoms with E-state index in [9.17, 15) is 12.8 Å². The SMILES string of the molecule is COc1cc(F)cc(N2[C@H](C)CN(S(=O)(=O)n3ccnc3C)C[C@H]2C)c1. The molecule has 0 spiro atoms. The van der Waals surface area contributed by atoms with E-state index in [0.29, 0.717) is 30.4 Å². The van der Waals surface area contributed by atoms with Gasteiger partial charge in [0.25, 0.3) is 0 Å². The van der Waals surface area contributed by atoms with Crippen LogP contribution in [0, 0.1) is 12.7 Å². The molecule has 2 atom stereocenters. The van der Waals surface area contributed by atoms with Crippen molar-refractivity contribution >= 4 is 15.9 Å². The Hall–Kier alpha value is -2.13. The van der Waals surface area contributed by atoms with E-state index in [2.05, 4.69) is 4.98 Å². The van der Waals surface area contributed by atoms with Gasteiger partial charge >= 0.3 is 10.2 Å². The number of benzene rings is 1. The van der Waals surface area contributed by atoms with Crippen molar-refractivity contribution in [1.29, 1.82) is 0 Å². The number of aryl methyl sites for hydroxylation is 1. The summed E-state index contributed by atoms with van der Waals surface area (Å²) in [5, 5.41) is 0. The number of hydrogen-bond acceptors (Lipinski definition) is 5. The molecule has 2 heterocycles. The maximum absolute atomic E-state index is 13.9. The Balaban J connectivity index is 1.89. The van der Waals surface area contributed by atoms with E-state index in [4.69, 9.17) is 4.74 Å². The van der Waals surface area contributed by atoms with Gasteiger partial charge in [-0.25, -0.2) is 13.3 Å². The zero-order valence-corrected chi connectivity index (χ0v) is 16.1. The van der Waals surface area contributed by atoms with Crippen LogP contribution in [0.2, 0.25) is 0 Å². The molecule has 1 saturated heterocycles. The molecule has 1 aromatic heterocycles. The normalized spacial score (nSPS) is 21.8. The van der Waals surface area contributed by atoms with Gasteiger partial charge in [0.15, 0.2) is 0 Å². The molecule has 1 fully saturated rings. The summed E-state index contributed by atoms with van der Waals surface area (Å²) in [7, 11) is -2.19. The number of rotatable bonds is 4. The van der Waals surface area contributed by atoms with Gasteiger partial charge in [0.05, 0.1) is 7.11 Å². The fourth-order valence-electron chi connectivity index (χ4n) is 3.52. The van der Waals surface area contributed by atoms with Gasteiger partial charge in [-0.15, -0.1) is 0 Å². The number of ether oxygens (including phenoxy) is 1. The van der Waals surface area contributed by atoms with Crippen LogP contribution in [0.1, 0.15) is 19.7 Å². The van der Waals surface area contributed by atoms with Gasteiger partial charge in [-0.05, 0) is 26.8 Å². The predicted octanol–water partition coefficient (Wildman–Crippen LogP) is 2.03. The summed E-state index contributed by atoms with van der Waals surface area (Å²) in [6.07, 6.45) is 2.92. The fraction of sp³-hybridized carbons (Fsp3) is 0.471. The summed E-state index contributed by atoms with van der Waals surface area (Å²) in [6, 6.07) is 4.26. The van der Waals surface area contributed by atoms with Crippen molar-refractivity contribution < 1.29 is 17.5 Å². The van der Waals surface area contributed by atoms with Crippen LogP contribution in [0.4, 0.5) is 10.1 Å². The third-order valence-electron chi connectivity index (χ3n) is 4.63. The van der Waals surface area contributed by atoms with Crippen LogP contribution >= 0.6 is 0 Å². The van der Waals surface area contributed by atoms with Crippen molar-refractivity contribution in [2.24, 2.45) is 0 Å². The Morgan fingerprint density at radius 1 is 1.19 bits per heavy atom. The molecule has 9 heteroatoms. The Kier molecular flexibility index (Phi) is 4.94. The summed E-state index contributed by atoms with van der Waals surface area (Å²) in [5.74, 6) is 0.467. The standard InChI is InChI=1S/C17H23FN4O3S/c1-12-10-20(26(23,24)21-6-5-19-14(21)3)11-13(2)22(12)16-7-15(18)8-17(9-16)25-4/h5-9,12-13H,10-11H2,1-4H3/t12-,13-/m1/s1. The van der Waals surface area contributed by atoms with Gasteiger partial charge in [-0.2, -0.15) is 12.7 Å². The minimum Gasteiger partial charge on any atom is -0.497 e. The highest BCUT2D eigenvalue weighted by atomic mass is 32.2. The lowest BCUT2D eigenvalue weighted by molar-refractivity contribution is 0.298. The van der Waals surface area contributed by atoms with Gasteiger partial charge in [0.2, 0.25) is 0 Å². The molecule has 0 N–H and O–H groups in total. The minimum absolute atomic E-state index is 0.135. The Bertz CT molecular complexity index is 887. The Morgan fingerprint density at radius 2 is 1.85 bits per heavy atom. The van der Waals surface area contributed by atoms with Crippen LogP contribution in [0.3, 0.4) is 0 Å². The number of hydrogen-bond donors (Lipinski definition) is 0. The molecule has 2 aromatic rings. The number of methoxy groups -OCH3 is 1. The van der Waals surface area contributed by atoms with Crippen molar-refractivity contribution in [3.8, 4) is 5.75 Å². The van der Waals surface area contributed by atoms with Gasteiger partial charge in [0.1, 0.15) is 17.4 Å². The first-order chi connectivity index (χ1) is 12.2. The van der Waals surface area contributed by atoms with Crippen molar-refractivity contribution in [1.82, 2.24) is 13.3 Å². The molecule has 7 nitrogen and oxygen atoms in total. The second kappa shape index (κ2) is 6.88. The van der Waals surface area contributed by atoms with Crippen LogP contribution < -0.4 is 9.64 Å². The number of anilines is 1. The molecule has 142 valence electrons. The highest BCUT2D eigenvalue weighted by Gasteiger charge is 2.37. The van der Waals surface area contributed by atoms with Crippen LogP contribution in [0.15, 0.2) is 30.6 Å². The lowest BCUT2D eigenvalue weighted by atomic mass is 10.1. The first-order valence-corrected chi connectivity index (χ1v) is 9.77. The average Bonchev–Trinajstić information content (AvgIpc) is 3.00. The summed E-state index contributed by atoms with van der Waals surface area (Å²) >= 11 is 0. The molecule has 0 bridgehead atoms. The smallest absolute Gasteiger partial charge is 0.309 e. The van der Waals surface area contributed by atoms with Crippen LogP contribution in [0.5, 0.6) is 5.75 Å². The maximum Gasteiger partial charge on any atom is 0.309 e. The Labute approximate surface area is 153 Å². The molecule has 1 aliphatic rings. The largest absolute Gasteiger partial charge is 0.497 e. The number of imidazole rings is 1. The highest BCUT2D eigenvalue weighted by Crippen LogP contribution is 2.30. The molecular weight excluding hydrogens is 359 g/mol. The molecular formula is C17H23FN4O3S. The quantitative estimate of drug-likeness (QED) is 0.809. The van der Waals surface area contributed by atoms with Gasteiger partial charge < -0.3 is 9.64 Å². The molecule has 0 saturated carbocycles. The summed E-state index contributed by atoms with van der Waals surface area (Å²) < 4.78 is 47.5. The van der Waals surface area contributed by atoms with Crippen LogP contribution in [-0.2, 0) is 10.2 Å². The van der Waals surface area contributed by atoms with Crippen LogP contribution in [0.25, 0.3) is 0 Å². The van der Waals surface area contributed by atoms with Gasteiger partial charge in [-0.1, -0.05) is 0 Å². The van der Waals surface area contributed by atoms with E-state index in [0.717, 1.165) is 0 Å². The molecule has 1 aromatic carbocycles. The lowest BCUT2D eigenvalue weighted by Crippen LogP contribution is -2.59. The number of nitrogens with zero attached hydrogens (tertiary/aromatic N) is 4. The number of piperazine rings is 1. The summed E-state index contributed by atoms with van der Waals surface area (Å²) in [4.78, 5) is 6.02. The molecule has 0 unspecified atom stereocenters. The van der Waals surface area contributed by atoms with Crippen molar-refractivity contribution in [3.05, 3.63) is 42.2 Å². The Morgan fingerprint density at radius 3 is 2.38 bits per heavy atom. The van der Waals surface area contributed by atoms with E-state index in [-0.39, 0.29) is 17.9 Å². The van der Waals surface area contributed by atoms with Gasteiger partial charge in [-0.3, -0.25) is 0 Å². The molecule has 3 rings (SSSR count). The molecule has 26 heavy (non-hydrogen) atoms. The van der Waals surface area contributed by atoms with Crippen molar-refractivity contribution in [3.63, 3.8) is 0 Å². The van der Waals surface area contributed by atoms with Crippen molar-refractivity contribution in [2.75, 3.05) is 25.1 Å². The minimum atomic E-state index is -3.68. The molecule has 0 amide bonds. The van der Waals surface area contributed by atoms with E-state index in [1.807, 2.05) is 18.7 Å². The lowest BCUT2D eigenvalue weighted by Gasteiger charge is -2.45. The third-order valence-corrected chi connectivity index (χ3v) is 6.47. The van der Waals surface area contributed by atoms with E-state index in [1.54, 1.807) is 13.0 Å². The predicted molar refractivity (Wildman–Crippen MR) is 97.2 cm³/mol. The second-order valence-electron chi connectivity index (χ2n) is 6.55. The first kappa shape index (κ1) is 18.7. The monoisotopic (exact) mass is 382 g/mol. The first-order valence-electron chi connectivity index (χ1n) is 8.37. The molecule has 1 aliphatic heterocycles. The maximum atomic E-state index is 13.9. The topological polar surface area (TPSA) is 67.7 Å². The van der Waals surface area contributed by atoms with E-state index in [1.165, 1.54) is 39.9 Å². The molecule has 0 aliphatic carbocycles. The third kappa shape index (κ3) is 3.28. The summed E-state index contributed by atoms with van der Waals surface area (Å²) in [5.41, 5.74) is 0.678. The zero-order valence-electron chi connectivity index (χ0n) is 15.3. The van der Waals surface area contributed by atoms with E-state index < -0.39 is 10.2 Å². The summed E-state index contributed by atoms with van der Waals surface area (Å²) in [6.45, 7) is 6.10. The van der Waals surface area contributed by atoms with Crippen LogP contribution in [-0.4, -0.2) is 54.0 Å². The van der Waals surface area contributed by atoms with E-state index >= 15 is 0 Å². The van der Waals surface area contributed by atoms with Gasteiger partial charge in [0, 0.05) is 55.4 Å². The fourth-order valence-corrected chi connectivity index (χ4v) is 5.17. The average molecular weight is 382 g/mol. The number of aromatic nitrogens is 2. The molecule has 0 radical (unpaired) electrons. The number of halogens is 1. The second-order valence-corrected chi connectivity index (χ2v) is 8.36. The highest BCUT2D eigenvalue weighted by molar-refractivity contribution is 7.87. The zero-order chi connectivity index (χ0) is 19.1. The van der Waals surface area contributed by atoms with Crippen molar-refractivity contribution in [2.45, 2.75) is 32.9 Å².